The minimum absolute atomic E-state index is 0.0960. The second-order valence-corrected chi connectivity index (χ2v) is 1.67. The lowest BCUT2D eigenvalue weighted by Crippen LogP contribution is -2.06. The van der Waals surface area contributed by atoms with Crippen LogP contribution in [0.15, 0.2) is 5.18 Å². The first-order valence-electron chi connectivity index (χ1n) is 2.69. The molecule has 0 aromatic heterocycles. The Morgan fingerprint density at radius 1 is 1.40 bits per heavy atom. The van der Waals surface area contributed by atoms with Crippen molar-refractivity contribution in [3.8, 4) is 0 Å². The number of Topliss-reactive ketones (excluding diaryl/α,β-unsaturated/α-hetero) is 1. The monoisotopic (exact) mass is 145 g/mol. The molecule has 0 aromatic rings. The van der Waals surface area contributed by atoms with E-state index < -0.39 is 18.1 Å². The molecule has 0 spiro atoms. The Kier molecular flexibility index (Phi) is 4.23. The first kappa shape index (κ1) is 8.90. The van der Waals surface area contributed by atoms with Crippen molar-refractivity contribution < 1.29 is 14.7 Å². The van der Waals surface area contributed by atoms with Gasteiger partial charge in [-0.1, -0.05) is 0 Å². The minimum atomic E-state index is -0.988. The molecule has 0 aromatic carbocycles. The van der Waals surface area contributed by atoms with Gasteiger partial charge in [0.05, 0.1) is 6.42 Å². The zero-order valence-electron chi connectivity index (χ0n) is 5.24. The number of aliphatic hydroxyl groups is 1. The van der Waals surface area contributed by atoms with E-state index in [2.05, 4.69) is 0 Å². The third kappa shape index (κ3) is 3.85. The molecule has 0 aliphatic rings. The Balaban J connectivity index is 3.57. The van der Waals surface area contributed by atoms with Gasteiger partial charge < -0.3 is 5.11 Å². The van der Waals surface area contributed by atoms with Crippen molar-refractivity contribution in [1.82, 2.24) is 0 Å². The third-order valence-corrected chi connectivity index (χ3v) is 0.841. The number of rotatable bonds is 4. The summed E-state index contributed by atoms with van der Waals surface area (Å²) in [6.45, 7) is -0.301. The zero-order valence-corrected chi connectivity index (χ0v) is 5.24. The van der Waals surface area contributed by atoms with Crippen LogP contribution in [-0.4, -0.2) is 23.4 Å². The summed E-state index contributed by atoms with van der Waals surface area (Å²) in [5.41, 5.74) is 0. The van der Waals surface area contributed by atoms with Gasteiger partial charge in [0.2, 0.25) is 0 Å². The van der Waals surface area contributed by atoms with Crippen LogP contribution in [0.3, 0.4) is 0 Å². The number of hydrogen-bond acceptors (Lipinski definition) is 4. The van der Waals surface area contributed by atoms with E-state index in [9.17, 15) is 14.5 Å². The van der Waals surface area contributed by atoms with Gasteiger partial charge in [-0.05, 0) is 0 Å². The van der Waals surface area contributed by atoms with Gasteiger partial charge in [0.15, 0.2) is 0 Å². The summed E-state index contributed by atoms with van der Waals surface area (Å²) in [5, 5.41) is 10.2. The van der Waals surface area contributed by atoms with E-state index in [0.29, 0.717) is 0 Å². The number of hydrogen-bond donors (Lipinski definition) is 1. The van der Waals surface area contributed by atoms with Gasteiger partial charge in [-0.2, -0.15) is 0 Å². The van der Waals surface area contributed by atoms with Gasteiger partial charge >= 0.3 is 0 Å². The number of carbonyl (C=O) groups is 2. The highest BCUT2D eigenvalue weighted by Gasteiger charge is 2.07. The van der Waals surface area contributed by atoms with Crippen molar-refractivity contribution in [3.63, 3.8) is 0 Å². The molecule has 0 saturated carbocycles. The molecular weight excluding hydrogens is 138 g/mol. The molecule has 0 rings (SSSR count). The Bertz CT molecular complexity index is 154. The Labute approximate surface area is 57.0 Å². The Morgan fingerprint density at radius 2 is 2.00 bits per heavy atom. The lowest BCUT2D eigenvalue weighted by Gasteiger charge is -1.89. The largest absolute Gasteiger partial charge is 0.396 e. The Hall–Kier alpha value is -1.10. The van der Waals surface area contributed by atoms with Crippen molar-refractivity contribution in [1.29, 1.82) is 0 Å². The highest BCUT2D eigenvalue weighted by atomic mass is 16.3. The molecule has 0 heterocycles. The maximum Gasteiger partial charge on any atom is 0.293 e. The molecule has 0 atom stereocenters. The van der Waals surface area contributed by atoms with Gasteiger partial charge in [-0.3, -0.25) is 9.59 Å². The van der Waals surface area contributed by atoms with E-state index in [1.807, 2.05) is 5.18 Å². The molecule has 10 heavy (non-hydrogen) atoms. The lowest BCUT2D eigenvalue weighted by molar-refractivity contribution is -0.126. The zero-order chi connectivity index (χ0) is 7.98. The van der Waals surface area contributed by atoms with Crippen LogP contribution in [0.4, 0.5) is 0 Å². The SMILES string of the molecule is O=NC(=O)CC(=O)CCO. The van der Waals surface area contributed by atoms with E-state index in [1.54, 1.807) is 0 Å². The number of ketones is 1. The van der Waals surface area contributed by atoms with Gasteiger partial charge in [0.1, 0.15) is 5.78 Å². The van der Waals surface area contributed by atoms with Crippen LogP contribution < -0.4 is 0 Å². The summed E-state index contributed by atoms with van der Waals surface area (Å²) < 4.78 is 0. The average molecular weight is 145 g/mol. The van der Waals surface area contributed by atoms with Crippen molar-refractivity contribution in [3.05, 3.63) is 4.91 Å². The van der Waals surface area contributed by atoms with Crippen LogP contribution in [-0.2, 0) is 9.59 Å². The molecule has 0 bridgehead atoms. The smallest absolute Gasteiger partial charge is 0.293 e. The quantitative estimate of drug-likeness (QED) is 0.431. The number of carbonyl (C=O) groups excluding carboxylic acids is 2. The standard InChI is InChI=1S/C5H7NO4/c7-2-1-4(8)3-5(9)6-10/h7H,1-3H2. The molecule has 0 aliphatic carbocycles. The van der Waals surface area contributed by atoms with Crippen LogP contribution in [0.25, 0.3) is 0 Å². The fourth-order valence-electron chi connectivity index (χ4n) is 0.414. The van der Waals surface area contributed by atoms with Gasteiger partial charge in [-0.15, -0.1) is 4.91 Å². The second kappa shape index (κ2) is 4.75. The lowest BCUT2D eigenvalue weighted by atomic mass is 10.2. The van der Waals surface area contributed by atoms with Crippen LogP contribution in [0, 0.1) is 4.91 Å². The normalized spacial score (nSPS) is 8.90. The molecule has 5 nitrogen and oxygen atoms in total. The summed E-state index contributed by atoms with van der Waals surface area (Å²) in [6, 6.07) is 0. The summed E-state index contributed by atoms with van der Waals surface area (Å²) >= 11 is 0. The van der Waals surface area contributed by atoms with E-state index in [1.165, 1.54) is 0 Å². The molecule has 56 valence electrons. The molecule has 5 heteroatoms. The fraction of sp³-hybridized carbons (Fsp3) is 0.600. The first-order valence-corrected chi connectivity index (χ1v) is 2.69. The minimum Gasteiger partial charge on any atom is -0.396 e. The number of nitrogens with zero attached hydrogens (tertiary/aromatic N) is 1. The van der Waals surface area contributed by atoms with Crippen LogP contribution in [0.5, 0.6) is 0 Å². The maximum absolute atomic E-state index is 10.4. The summed E-state index contributed by atoms with van der Waals surface area (Å²) in [4.78, 5) is 30.0. The maximum atomic E-state index is 10.4. The van der Waals surface area contributed by atoms with Crippen LogP contribution in [0.2, 0.25) is 0 Å². The van der Waals surface area contributed by atoms with Crippen molar-refractivity contribution in [2.24, 2.45) is 5.18 Å². The van der Waals surface area contributed by atoms with Crippen molar-refractivity contribution >= 4 is 11.7 Å². The predicted molar refractivity (Wildman–Crippen MR) is 32.1 cm³/mol. The summed E-state index contributed by atoms with van der Waals surface area (Å²) in [6.07, 6.45) is -0.592. The van der Waals surface area contributed by atoms with Gasteiger partial charge in [-0.25, -0.2) is 0 Å². The highest BCUT2D eigenvalue weighted by Crippen LogP contribution is 1.90. The molecule has 0 radical (unpaired) electrons. The molecule has 1 amide bonds. The van der Waals surface area contributed by atoms with Gasteiger partial charge in [0.25, 0.3) is 5.91 Å². The summed E-state index contributed by atoms with van der Waals surface area (Å²) in [7, 11) is 0. The second-order valence-electron chi connectivity index (χ2n) is 1.67. The van der Waals surface area contributed by atoms with Crippen LogP contribution in [0.1, 0.15) is 12.8 Å². The highest BCUT2D eigenvalue weighted by molar-refractivity contribution is 5.98. The van der Waals surface area contributed by atoms with E-state index in [0.717, 1.165) is 0 Å². The van der Waals surface area contributed by atoms with E-state index in [4.69, 9.17) is 5.11 Å². The fourth-order valence-corrected chi connectivity index (χ4v) is 0.414. The molecule has 0 saturated heterocycles. The third-order valence-electron chi connectivity index (χ3n) is 0.841. The molecule has 0 aliphatic heterocycles. The van der Waals surface area contributed by atoms with Crippen molar-refractivity contribution in [2.75, 3.05) is 6.61 Å². The molecule has 0 fully saturated rings. The predicted octanol–water partition coefficient (Wildman–Crippen LogP) is -0.379. The van der Waals surface area contributed by atoms with Gasteiger partial charge in [0, 0.05) is 18.2 Å². The number of amides is 1. The van der Waals surface area contributed by atoms with E-state index in [-0.39, 0.29) is 13.0 Å². The number of aliphatic hydroxyl groups excluding tert-OH is 1. The number of nitroso groups, excluding NO2 is 1. The molecular formula is C5H7NO4. The molecule has 1 N–H and O–H groups in total. The topological polar surface area (TPSA) is 83.8 Å². The van der Waals surface area contributed by atoms with Crippen molar-refractivity contribution in [2.45, 2.75) is 12.8 Å². The summed E-state index contributed by atoms with van der Waals surface area (Å²) in [5.74, 6) is -1.45. The Morgan fingerprint density at radius 3 is 2.40 bits per heavy atom. The van der Waals surface area contributed by atoms with E-state index >= 15 is 0 Å². The first-order chi connectivity index (χ1) is 4.70. The molecule has 0 unspecified atom stereocenters. The average Bonchev–Trinajstić information content (AvgIpc) is 1.88. The van der Waals surface area contributed by atoms with Crippen LogP contribution >= 0.6 is 0 Å².